The third kappa shape index (κ3) is 3.66. The van der Waals surface area contributed by atoms with Gasteiger partial charge in [-0.05, 0) is 18.2 Å². The number of thioether (sulfide) groups is 1. The van der Waals surface area contributed by atoms with Gasteiger partial charge >= 0.3 is 0 Å². The van der Waals surface area contributed by atoms with E-state index in [0.717, 1.165) is 0 Å². The van der Waals surface area contributed by atoms with Gasteiger partial charge in [-0.3, -0.25) is 4.79 Å². The van der Waals surface area contributed by atoms with E-state index >= 15 is 0 Å². The predicted octanol–water partition coefficient (Wildman–Crippen LogP) is 3.45. The summed E-state index contributed by atoms with van der Waals surface area (Å²) in [5.74, 6) is 0.0802. The van der Waals surface area contributed by atoms with Gasteiger partial charge in [-0.15, -0.1) is 0 Å². The zero-order valence-corrected chi connectivity index (χ0v) is 11.4. The lowest BCUT2D eigenvalue weighted by Gasteiger charge is -2.06. The Balaban J connectivity index is 1.92. The topological polar surface area (TPSA) is 57.8 Å². The van der Waals surface area contributed by atoms with Gasteiger partial charge in [0.05, 0.1) is 16.5 Å². The molecule has 2 aromatic rings. The highest BCUT2D eigenvalue weighted by Gasteiger charge is 2.08. The molecule has 0 unspecified atom stereocenters. The quantitative estimate of drug-likeness (QED) is 0.851. The molecule has 1 aromatic carbocycles. The van der Waals surface area contributed by atoms with Crippen LogP contribution in [0, 0.1) is 0 Å². The molecule has 0 atom stereocenters. The first-order chi connectivity index (χ1) is 8.65. The van der Waals surface area contributed by atoms with Crippen molar-refractivity contribution in [2.75, 3.05) is 11.1 Å². The van der Waals surface area contributed by atoms with Crippen molar-refractivity contribution < 1.29 is 4.79 Å². The summed E-state index contributed by atoms with van der Waals surface area (Å²) in [7, 11) is 0. The van der Waals surface area contributed by atoms with Crippen LogP contribution in [0.15, 0.2) is 35.7 Å². The second-order valence-electron chi connectivity index (χ2n) is 3.36. The van der Waals surface area contributed by atoms with E-state index in [-0.39, 0.29) is 11.7 Å². The Morgan fingerprint density at radius 1 is 1.44 bits per heavy atom. The summed E-state index contributed by atoms with van der Waals surface area (Å²) >= 11 is 13.1. The molecule has 0 radical (unpaired) electrons. The summed E-state index contributed by atoms with van der Waals surface area (Å²) in [6.45, 7) is 0. The lowest BCUT2D eigenvalue weighted by molar-refractivity contribution is -0.113. The third-order valence-corrected chi connectivity index (χ3v) is 3.48. The smallest absolute Gasteiger partial charge is 0.234 e. The molecule has 94 valence electrons. The summed E-state index contributed by atoms with van der Waals surface area (Å²) in [6, 6.07) is 4.91. The minimum atomic E-state index is -0.166. The summed E-state index contributed by atoms with van der Waals surface area (Å²) in [5, 5.41) is 4.37. The SMILES string of the molecule is O=C(CSc1ncc[nH]1)Nc1cc(Cl)ccc1Cl. The van der Waals surface area contributed by atoms with Crippen molar-refractivity contribution in [1.29, 1.82) is 0 Å². The van der Waals surface area contributed by atoms with Crippen molar-refractivity contribution in [3.63, 3.8) is 0 Å². The molecule has 0 aliphatic heterocycles. The molecule has 0 saturated heterocycles. The largest absolute Gasteiger partial charge is 0.340 e. The highest BCUT2D eigenvalue weighted by atomic mass is 35.5. The van der Waals surface area contributed by atoms with Crippen molar-refractivity contribution in [3.8, 4) is 0 Å². The first-order valence-electron chi connectivity index (χ1n) is 5.02. The third-order valence-electron chi connectivity index (χ3n) is 2.02. The van der Waals surface area contributed by atoms with Gasteiger partial charge < -0.3 is 10.3 Å². The molecule has 0 spiro atoms. The molecule has 0 aliphatic carbocycles. The Hall–Kier alpha value is -1.17. The predicted molar refractivity (Wildman–Crippen MR) is 74.4 cm³/mol. The number of rotatable bonds is 4. The minimum absolute atomic E-state index is 0.166. The van der Waals surface area contributed by atoms with Gasteiger partial charge in [0.1, 0.15) is 0 Å². The molecule has 0 bridgehead atoms. The van der Waals surface area contributed by atoms with Crippen molar-refractivity contribution in [3.05, 3.63) is 40.6 Å². The van der Waals surface area contributed by atoms with Crippen LogP contribution >= 0.6 is 35.0 Å². The number of halogens is 2. The number of nitrogens with one attached hydrogen (secondary N) is 2. The van der Waals surface area contributed by atoms with Gasteiger partial charge in [0.25, 0.3) is 0 Å². The van der Waals surface area contributed by atoms with Gasteiger partial charge in [0.2, 0.25) is 5.91 Å². The van der Waals surface area contributed by atoms with Gasteiger partial charge in [0, 0.05) is 17.4 Å². The lowest BCUT2D eigenvalue weighted by atomic mass is 10.3. The average molecular weight is 302 g/mol. The maximum atomic E-state index is 11.7. The van der Waals surface area contributed by atoms with E-state index in [1.165, 1.54) is 11.8 Å². The van der Waals surface area contributed by atoms with E-state index in [9.17, 15) is 4.79 Å². The monoisotopic (exact) mass is 301 g/mol. The molecule has 0 aliphatic rings. The van der Waals surface area contributed by atoms with Crippen LogP contribution in [0.4, 0.5) is 5.69 Å². The molecule has 1 amide bonds. The molecular formula is C11H9Cl2N3OS. The number of anilines is 1. The zero-order valence-electron chi connectivity index (χ0n) is 9.11. The second-order valence-corrected chi connectivity index (χ2v) is 5.16. The Kier molecular flexibility index (Phi) is 4.52. The molecule has 18 heavy (non-hydrogen) atoms. The molecule has 2 N–H and O–H groups in total. The van der Waals surface area contributed by atoms with E-state index < -0.39 is 0 Å². The number of imidazole rings is 1. The van der Waals surface area contributed by atoms with Crippen LogP contribution in [-0.4, -0.2) is 21.6 Å². The Bertz CT molecular complexity index is 545. The van der Waals surface area contributed by atoms with Crippen molar-refractivity contribution in [1.82, 2.24) is 9.97 Å². The number of amides is 1. The maximum Gasteiger partial charge on any atom is 0.234 e. The number of carbonyl (C=O) groups excluding carboxylic acids is 1. The summed E-state index contributed by atoms with van der Waals surface area (Å²) in [4.78, 5) is 18.6. The molecule has 0 saturated carbocycles. The average Bonchev–Trinajstić information content (AvgIpc) is 2.84. The van der Waals surface area contributed by atoms with Crippen LogP contribution < -0.4 is 5.32 Å². The van der Waals surface area contributed by atoms with Crippen LogP contribution in [0.1, 0.15) is 0 Å². The number of H-pyrrole nitrogens is 1. The lowest BCUT2D eigenvalue weighted by Crippen LogP contribution is -2.14. The first kappa shape index (κ1) is 13.3. The van der Waals surface area contributed by atoms with Gasteiger partial charge in [-0.1, -0.05) is 35.0 Å². The maximum absolute atomic E-state index is 11.7. The van der Waals surface area contributed by atoms with Gasteiger partial charge in [0.15, 0.2) is 5.16 Å². The van der Waals surface area contributed by atoms with Crippen LogP contribution in [-0.2, 0) is 4.79 Å². The molecule has 0 fully saturated rings. The molecule has 4 nitrogen and oxygen atoms in total. The number of benzene rings is 1. The summed E-state index contributed by atoms with van der Waals surface area (Å²) in [6.07, 6.45) is 3.34. The number of aromatic nitrogens is 2. The van der Waals surface area contributed by atoms with Gasteiger partial charge in [-0.25, -0.2) is 4.98 Å². The Labute approximate surface area is 118 Å². The van der Waals surface area contributed by atoms with Crippen molar-refractivity contribution >= 4 is 46.6 Å². The highest BCUT2D eigenvalue weighted by Crippen LogP contribution is 2.25. The fraction of sp³-hybridized carbons (Fsp3) is 0.0909. The van der Waals surface area contributed by atoms with E-state index in [0.29, 0.717) is 20.9 Å². The van der Waals surface area contributed by atoms with E-state index in [1.54, 1.807) is 30.6 Å². The standard InChI is InChI=1S/C11H9Cl2N3OS/c12-7-1-2-8(13)9(5-7)16-10(17)6-18-11-14-3-4-15-11/h1-5H,6H2,(H,14,15)(H,16,17). The van der Waals surface area contributed by atoms with E-state index in [1.807, 2.05) is 0 Å². The highest BCUT2D eigenvalue weighted by molar-refractivity contribution is 7.99. The first-order valence-corrected chi connectivity index (χ1v) is 6.76. The van der Waals surface area contributed by atoms with Crippen LogP contribution in [0.2, 0.25) is 10.0 Å². The fourth-order valence-electron chi connectivity index (χ4n) is 1.24. The van der Waals surface area contributed by atoms with Crippen LogP contribution in [0.3, 0.4) is 0 Å². The minimum Gasteiger partial charge on any atom is -0.340 e. The number of hydrogen-bond donors (Lipinski definition) is 2. The second kappa shape index (κ2) is 6.13. The molecule has 1 heterocycles. The molecular weight excluding hydrogens is 293 g/mol. The molecule has 7 heteroatoms. The molecule has 2 rings (SSSR count). The van der Waals surface area contributed by atoms with Crippen molar-refractivity contribution in [2.24, 2.45) is 0 Å². The van der Waals surface area contributed by atoms with Gasteiger partial charge in [-0.2, -0.15) is 0 Å². The number of aromatic amines is 1. The normalized spacial score (nSPS) is 10.3. The van der Waals surface area contributed by atoms with Crippen molar-refractivity contribution in [2.45, 2.75) is 5.16 Å². The number of hydrogen-bond acceptors (Lipinski definition) is 3. The zero-order chi connectivity index (χ0) is 13.0. The molecule has 1 aromatic heterocycles. The van der Waals surface area contributed by atoms with E-state index in [2.05, 4.69) is 15.3 Å². The van der Waals surface area contributed by atoms with E-state index in [4.69, 9.17) is 23.2 Å². The number of carbonyl (C=O) groups is 1. The van der Waals surface area contributed by atoms with Crippen LogP contribution in [0.25, 0.3) is 0 Å². The summed E-state index contributed by atoms with van der Waals surface area (Å²) < 4.78 is 0. The fourth-order valence-corrected chi connectivity index (χ4v) is 2.21. The van der Waals surface area contributed by atoms with Crippen LogP contribution in [0.5, 0.6) is 0 Å². The Morgan fingerprint density at radius 2 is 2.28 bits per heavy atom. The number of nitrogens with zero attached hydrogens (tertiary/aromatic N) is 1. The Morgan fingerprint density at radius 3 is 3.00 bits per heavy atom. The summed E-state index contributed by atoms with van der Waals surface area (Å²) in [5.41, 5.74) is 0.509.